The normalized spacial score (nSPS) is 10.0. The second-order valence-electron chi connectivity index (χ2n) is 4.11. The Balaban J connectivity index is 2.53. The number of carbonyl (C=O) groups excluding carboxylic acids is 2. The zero-order valence-corrected chi connectivity index (χ0v) is 12.7. The molecular formula is C15H18FNO3S. The third kappa shape index (κ3) is 6.44. The van der Waals surface area contributed by atoms with Gasteiger partial charge in [0, 0.05) is 11.4 Å². The van der Waals surface area contributed by atoms with E-state index in [1.165, 1.54) is 28.8 Å². The highest BCUT2D eigenvalue weighted by Gasteiger charge is 2.16. The van der Waals surface area contributed by atoms with Crippen LogP contribution in [0.5, 0.6) is 0 Å². The summed E-state index contributed by atoms with van der Waals surface area (Å²) >= 11 is 1.29. The van der Waals surface area contributed by atoms with Gasteiger partial charge in [-0.2, -0.15) is 0 Å². The Hall–Kier alpha value is -1.82. The van der Waals surface area contributed by atoms with Crippen molar-refractivity contribution in [3.8, 4) is 0 Å². The highest BCUT2D eigenvalue weighted by Crippen LogP contribution is 2.18. The van der Waals surface area contributed by atoms with Crippen molar-refractivity contribution in [1.29, 1.82) is 0 Å². The molecule has 0 unspecified atom stereocenters. The van der Waals surface area contributed by atoms with Crippen LogP contribution in [0.4, 0.5) is 4.39 Å². The van der Waals surface area contributed by atoms with Gasteiger partial charge in [0.15, 0.2) is 0 Å². The molecule has 0 N–H and O–H groups in total. The Morgan fingerprint density at radius 2 is 2.05 bits per heavy atom. The molecule has 0 radical (unpaired) electrons. The molecule has 0 bridgehead atoms. The molecule has 114 valence electrons. The first kappa shape index (κ1) is 17.2. The Kier molecular flexibility index (Phi) is 7.53. The SMILES string of the molecule is C=CCN(CC(=O)OCC)C(=O)CSc1ccc(F)cc1. The second-order valence-corrected chi connectivity index (χ2v) is 5.16. The van der Waals surface area contributed by atoms with Gasteiger partial charge in [-0.15, -0.1) is 18.3 Å². The summed E-state index contributed by atoms with van der Waals surface area (Å²) < 4.78 is 17.6. The number of esters is 1. The lowest BCUT2D eigenvalue weighted by Gasteiger charge is -2.19. The highest BCUT2D eigenvalue weighted by molar-refractivity contribution is 8.00. The van der Waals surface area contributed by atoms with E-state index < -0.39 is 5.97 Å². The van der Waals surface area contributed by atoms with E-state index in [4.69, 9.17) is 4.74 Å². The van der Waals surface area contributed by atoms with Gasteiger partial charge in [-0.1, -0.05) is 6.08 Å². The highest BCUT2D eigenvalue weighted by atomic mass is 32.2. The summed E-state index contributed by atoms with van der Waals surface area (Å²) in [7, 11) is 0. The number of hydrogen-bond acceptors (Lipinski definition) is 4. The summed E-state index contributed by atoms with van der Waals surface area (Å²) in [5, 5.41) is 0. The van der Waals surface area contributed by atoms with Gasteiger partial charge in [0.25, 0.3) is 0 Å². The standard InChI is InChI=1S/C15H18FNO3S/c1-3-9-17(10-15(19)20-4-2)14(18)11-21-13-7-5-12(16)6-8-13/h3,5-8H,1,4,9-11H2,2H3. The Morgan fingerprint density at radius 3 is 2.62 bits per heavy atom. The molecule has 0 aromatic heterocycles. The van der Waals surface area contributed by atoms with Gasteiger partial charge < -0.3 is 9.64 Å². The minimum Gasteiger partial charge on any atom is -0.465 e. The number of nitrogens with zero attached hydrogens (tertiary/aromatic N) is 1. The average molecular weight is 311 g/mol. The van der Waals surface area contributed by atoms with Gasteiger partial charge in [-0.25, -0.2) is 4.39 Å². The van der Waals surface area contributed by atoms with Gasteiger partial charge in [-0.05, 0) is 31.2 Å². The van der Waals surface area contributed by atoms with Crippen LogP contribution in [0.15, 0.2) is 41.8 Å². The van der Waals surface area contributed by atoms with Gasteiger partial charge in [0.05, 0.1) is 12.4 Å². The van der Waals surface area contributed by atoms with E-state index >= 15 is 0 Å². The van der Waals surface area contributed by atoms with E-state index in [-0.39, 0.29) is 37.2 Å². The van der Waals surface area contributed by atoms with Gasteiger partial charge in [0.2, 0.25) is 5.91 Å². The van der Waals surface area contributed by atoms with Crippen LogP contribution >= 0.6 is 11.8 Å². The van der Waals surface area contributed by atoms with Gasteiger partial charge in [0.1, 0.15) is 12.4 Å². The third-order valence-corrected chi connectivity index (χ3v) is 3.50. The molecule has 0 heterocycles. The number of hydrogen-bond donors (Lipinski definition) is 0. The molecular weight excluding hydrogens is 293 g/mol. The van der Waals surface area contributed by atoms with Crippen molar-refractivity contribution in [2.75, 3.05) is 25.4 Å². The summed E-state index contributed by atoms with van der Waals surface area (Å²) in [4.78, 5) is 25.7. The predicted octanol–water partition coefficient (Wildman–Crippen LogP) is 2.50. The van der Waals surface area contributed by atoms with E-state index in [0.29, 0.717) is 0 Å². The topological polar surface area (TPSA) is 46.6 Å². The first-order chi connectivity index (χ1) is 10.1. The predicted molar refractivity (Wildman–Crippen MR) is 80.5 cm³/mol. The monoisotopic (exact) mass is 311 g/mol. The van der Waals surface area contributed by atoms with Crippen LogP contribution in [0.3, 0.4) is 0 Å². The fraction of sp³-hybridized carbons (Fsp3) is 0.333. The number of benzene rings is 1. The lowest BCUT2D eigenvalue weighted by molar-refractivity contribution is -0.147. The van der Waals surface area contributed by atoms with Crippen LogP contribution in [0.1, 0.15) is 6.92 Å². The molecule has 1 amide bonds. The second kappa shape index (κ2) is 9.18. The fourth-order valence-corrected chi connectivity index (χ4v) is 2.34. The first-order valence-corrected chi connectivity index (χ1v) is 7.48. The molecule has 0 spiro atoms. The van der Waals surface area contributed by atoms with E-state index in [9.17, 15) is 14.0 Å². The maximum atomic E-state index is 12.8. The van der Waals surface area contributed by atoms with Crippen molar-refractivity contribution in [2.45, 2.75) is 11.8 Å². The Morgan fingerprint density at radius 1 is 1.38 bits per heavy atom. The molecule has 0 saturated heterocycles. The van der Waals surface area contributed by atoms with E-state index in [1.807, 2.05) is 0 Å². The number of amides is 1. The summed E-state index contributed by atoms with van der Waals surface area (Å²) in [5.41, 5.74) is 0. The first-order valence-electron chi connectivity index (χ1n) is 6.49. The number of ether oxygens (including phenoxy) is 1. The lowest BCUT2D eigenvalue weighted by atomic mass is 10.4. The van der Waals surface area contributed by atoms with Crippen LogP contribution in [0.2, 0.25) is 0 Å². The van der Waals surface area contributed by atoms with E-state index in [0.717, 1.165) is 4.90 Å². The summed E-state index contributed by atoms with van der Waals surface area (Å²) in [6.07, 6.45) is 1.56. The zero-order valence-electron chi connectivity index (χ0n) is 11.9. The summed E-state index contributed by atoms with van der Waals surface area (Å²) in [6, 6.07) is 5.90. The lowest BCUT2D eigenvalue weighted by Crippen LogP contribution is -2.37. The number of halogens is 1. The largest absolute Gasteiger partial charge is 0.465 e. The average Bonchev–Trinajstić information content (AvgIpc) is 2.46. The van der Waals surface area contributed by atoms with Crippen molar-refractivity contribution in [2.24, 2.45) is 0 Å². The molecule has 0 aliphatic carbocycles. The van der Waals surface area contributed by atoms with Crippen LogP contribution in [0.25, 0.3) is 0 Å². The number of rotatable bonds is 8. The van der Waals surface area contributed by atoms with E-state index in [2.05, 4.69) is 6.58 Å². The molecule has 0 fully saturated rings. The summed E-state index contributed by atoms with van der Waals surface area (Å²) in [5.74, 6) is -0.795. The smallest absolute Gasteiger partial charge is 0.325 e. The quantitative estimate of drug-likeness (QED) is 0.420. The minimum absolute atomic E-state index is 0.0946. The molecule has 6 heteroatoms. The van der Waals surface area contributed by atoms with Gasteiger partial charge in [-0.3, -0.25) is 9.59 Å². The van der Waals surface area contributed by atoms with Crippen LogP contribution in [-0.2, 0) is 14.3 Å². The van der Waals surface area contributed by atoms with Crippen LogP contribution < -0.4 is 0 Å². The Bertz CT molecular complexity index is 490. The van der Waals surface area contributed by atoms with Crippen molar-refractivity contribution in [3.63, 3.8) is 0 Å². The van der Waals surface area contributed by atoms with Crippen LogP contribution in [0, 0.1) is 5.82 Å². The molecule has 4 nitrogen and oxygen atoms in total. The molecule has 21 heavy (non-hydrogen) atoms. The molecule has 1 aromatic carbocycles. The maximum absolute atomic E-state index is 12.8. The molecule has 1 aromatic rings. The van der Waals surface area contributed by atoms with Crippen molar-refractivity contribution >= 4 is 23.6 Å². The molecule has 0 aliphatic heterocycles. The zero-order chi connectivity index (χ0) is 15.7. The van der Waals surface area contributed by atoms with E-state index in [1.54, 1.807) is 25.1 Å². The van der Waals surface area contributed by atoms with Gasteiger partial charge >= 0.3 is 5.97 Å². The van der Waals surface area contributed by atoms with Crippen molar-refractivity contribution in [3.05, 3.63) is 42.7 Å². The Labute approximate surface area is 128 Å². The maximum Gasteiger partial charge on any atom is 0.325 e. The molecule has 1 rings (SSSR count). The number of carbonyl (C=O) groups is 2. The molecule has 0 saturated carbocycles. The number of thioether (sulfide) groups is 1. The third-order valence-electron chi connectivity index (χ3n) is 2.50. The minimum atomic E-state index is -0.445. The summed E-state index contributed by atoms with van der Waals surface area (Å²) in [6.45, 7) is 5.74. The fourth-order valence-electron chi connectivity index (χ4n) is 1.54. The molecule has 0 aliphatic rings. The molecule has 0 atom stereocenters. The van der Waals surface area contributed by atoms with Crippen molar-refractivity contribution in [1.82, 2.24) is 4.90 Å². The van der Waals surface area contributed by atoms with Crippen LogP contribution in [-0.4, -0.2) is 42.2 Å². The van der Waals surface area contributed by atoms with Crippen molar-refractivity contribution < 1.29 is 18.7 Å².